The van der Waals surface area contributed by atoms with Crippen molar-refractivity contribution in [3.05, 3.63) is 35.9 Å². The summed E-state index contributed by atoms with van der Waals surface area (Å²) in [5, 5.41) is 20.8. The molecule has 3 aliphatic heterocycles. The van der Waals surface area contributed by atoms with Crippen LogP contribution in [-0.2, 0) is 49.4 Å². The van der Waals surface area contributed by atoms with Crippen LogP contribution in [0.15, 0.2) is 30.3 Å². The number of aliphatic hydroxyl groups excluding tert-OH is 2. The molecular weight excluding hydrogens is 500 g/mol. The Morgan fingerprint density at radius 2 is 1.89 bits per heavy atom. The van der Waals surface area contributed by atoms with E-state index in [1.807, 2.05) is 30.3 Å². The van der Waals surface area contributed by atoms with E-state index >= 15 is 0 Å². The molecule has 3 fully saturated rings. The summed E-state index contributed by atoms with van der Waals surface area (Å²) in [5.74, 6) is -2.24. The molecule has 0 radical (unpaired) electrons. The molecule has 3 heterocycles. The summed E-state index contributed by atoms with van der Waals surface area (Å²) in [4.78, 5) is 23.2. The molecule has 2 N–H and O–H groups in total. The molecule has 1 aromatic carbocycles. The van der Waals surface area contributed by atoms with Gasteiger partial charge in [-0.25, -0.2) is 0 Å². The van der Waals surface area contributed by atoms with Crippen molar-refractivity contribution in [3.8, 4) is 0 Å². The van der Waals surface area contributed by atoms with Crippen LogP contribution in [0.5, 0.6) is 0 Å². The van der Waals surface area contributed by atoms with Crippen LogP contribution in [0.1, 0.15) is 45.1 Å². The topological polar surface area (TPSA) is 139 Å². The molecule has 0 spiro atoms. The molecule has 9 unspecified atom stereocenters. The standard InChI is InChI=1S/C27H38O11/c1-16(29)33-15-20(35-17(2)30)13-21-23(34-14-18-7-5-4-6-8-18)25-24(37-21)22(31)26-27(32-3,38-25)11-9-19(36-26)10-12-28/h4-8,19-26,28,31H,9-15H2,1-3H3. The van der Waals surface area contributed by atoms with Crippen molar-refractivity contribution in [1.82, 2.24) is 0 Å². The zero-order valence-corrected chi connectivity index (χ0v) is 22.0. The van der Waals surface area contributed by atoms with E-state index in [0.29, 0.717) is 19.3 Å². The van der Waals surface area contributed by atoms with Gasteiger partial charge in [-0.05, 0) is 18.4 Å². The SMILES string of the molecule is COC12CCC(CCO)OC1C(O)C1OC(CC(COC(C)=O)OC(C)=O)C(OCc3ccccc3)C1O2. The Hall–Kier alpha value is -2.12. The average Bonchev–Trinajstić information content (AvgIpc) is 3.23. The fraction of sp³-hybridized carbons (Fsp3) is 0.704. The number of esters is 2. The second-order valence-electron chi connectivity index (χ2n) is 9.99. The van der Waals surface area contributed by atoms with Crippen LogP contribution in [-0.4, -0.2) is 97.1 Å². The van der Waals surface area contributed by atoms with Gasteiger partial charge in [0.05, 0.1) is 18.8 Å². The molecule has 3 aliphatic rings. The van der Waals surface area contributed by atoms with Gasteiger partial charge in [0.25, 0.3) is 0 Å². The summed E-state index contributed by atoms with van der Waals surface area (Å²) < 4.78 is 41.7. The third-order valence-corrected chi connectivity index (χ3v) is 7.30. The Balaban J connectivity index is 1.58. The Kier molecular flexibility index (Phi) is 9.74. The zero-order chi connectivity index (χ0) is 27.3. The first kappa shape index (κ1) is 28.9. The molecule has 11 heteroatoms. The van der Waals surface area contributed by atoms with Gasteiger partial charge in [0, 0.05) is 40.4 Å². The molecule has 11 nitrogen and oxygen atoms in total. The van der Waals surface area contributed by atoms with Crippen molar-refractivity contribution in [2.75, 3.05) is 20.3 Å². The van der Waals surface area contributed by atoms with E-state index in [1.165, 1.54) is 21.0 Å². The molecule has 38 heavy (non-hydrogen) atoms. The van der Waals surface area contributed by atoms with Crippen molar-refractivity contribution >= 4 is 11.9 Å². The summed E-state index contributed by atoms with van der Waals surface area (Å²) in [6.07, 6.45) is -4.19. The lowest BCUT2D eigenvalue weighted by Crippen LogP contribution is -2.68. The highest BCUT2D eigenvalue weighted by atomic mass is 16.7. The molecule has 0 saturated carbocycles. The van der Waals surface area contributed by atoms with Crippen molar-refractivity contribution < 1.29 is 53.0 Å². The first-order valence-electron chi connectivity index (χ1n) is 13.0. The fourth-order valence-corrected chi connectivity index (χ4v) is 5.55. The van der Waals surface area contributed by atoms with Crippen molar-refractivity contribution in [2.45, 2.75) is 101 Å². The van der Waals surface area contributed by atoms with Crippen LogP contribution in [0.4, 0.5) is 0 Å². The third-order valence-electron chi connectivity index (χ3n) is 7.30. The quantitative estimate of drug-likeness (QED) is 0.394. The maximum absolute atomic E-state index is 11.8. The molecule has 1 aromatic rings. The van der Waals surface area contributed by atoms with Crippen molar-refractivity contribution in [1.29, 1.82) is 0 Å². The van der Waals surface area contributed by atoms with Gasteiger partial charge in [-0.3, -0.25) is 9.59 Å². The van der Waals surface area contributed by atoms with Gasteiger partial charge in [0.15, 0.2) is 5.79 Å². The molecule has 9 atom stereocenters. The van der Waals surface area contributed by atoms with Gasteiger partial charge in [-0.2, -0.15) is 0 Å². The monoisotopic (exact) mass is 538 g/mol. The van der Waals surface area contributed by atoms with Crippen LogP contribution in [0.25, 0.3) is 0 Å². The van der Waals surface area contributed by atoms with Gasteiger partial charge in [-0.1, -0.05) is 30.3 Å². The van der Waals surface area contributed by atoms with Crippen LogP contribution < -0.4 is 0 Å². The number of hydrogen-bond donors (Lipinski definition) is 2. The normalized spacial score (nSPS) is 35.1. The number of methoxy groups -OCH3 is 1. The van der Waals surface area contributed by atoms with E-state index in [9.17, 15) is 19.8 Å². The Morgan fingerprint density at radius 1 is 1.13 bits per heavy atom. The van der Waals surface area contributed by atoms with E-state index < -0.39 is 60.5 Å². The van der Waals surface area contributed by atoms with Crippen LogP contribution in [0.3, 0.4) is 0 Å². The molecule has 0 amide bonds. The number of benzene rings is 1. The Bertz CT molecular complexity index is 927. The van der Waals surface area contributed by atoms with Gasteiger partial charge >= 0.3 is 11.9 Å². The summed E-state index contributed by atoms with van der Waals surface area (Å²) in [6, 6.07) is 9.60. The van der Waals surface area contributed by atoms with Crippen LogP contribution >= 0.6 is 0 Å². The molecule has 3 saturated heterocycles. The molecule has 0 aromatic heterocycles. The number of aliphatic hydroxyl groups is 2. The second-order valence-corrected chi connectivity index (χ2v) is 9.99. The highest BCUT2D eigenvalue weighted by molar-refractivity contribution is 5.67. The van der Waals surface area contributed by atoms with E-state index in [2.05, 4.69) is 0 Å². The summed E-state index contributed by atoms with van der Waals surface area (Å²) in [7, 11) is 1.51. The van der Waals surface area contributed by atoms with Crippen molar-refractivity contribution in [2.24, 2.45) is 0 Å². The zero-order valence-electron chi connectivity index (χ0n) is 22.0. The number of hydrogen-bond acceptors (Lipinski definition) is 11. The van der Waals surface area contributed by atoms with E-state index in [1.54, 1.807) is 0 Å². The summed E-state index contributed by atoms with van der Waals surface area (Å²) in [5.41, 5.74) is 0.940. The van der Waals surface area contributed by atoms with Crippen LogP contribution in [0, 0.1) is 0 Å². The minimum absolute atomic E-state index is 0.0335. The molecule has 0 bridgehead atoms. The highest BCUT2D eigenvalue weighted by Crippen LogP contribution is 2.47. The van der Waals surface area contributed by atoms with Gasteiger partial charge in [0.2, 0.25) is 0 Å². The number of fused-ring (bicyclic) bond motifs is 2. The van der Waals surface area contributed by atoms with E-state index in [0.717, 1.165) is 5.56 Å². The van der Waals surface area contributed by atoms with Gasteiger partial charge in [-0.15, -0.1) is 0 Å². The highest BCUT2D eigenvalue weighted by Gasteiger charge is 2.64. The lowest BCUT2D eigenvalue weighted by atomic mass is 9.85. The average molecular weight is 539 g/mol. The first-order valence-corrected chi connectivity index (χ1v) is 13.0. The predicted molar refractivity (Wildman–Crippen MR) is 131 cm³/mol. The predicted octanol–water partition coefficient (Wildman–Crippen LogP) is 1.26. The Labute approximate surface area is 222 Å². The maximum atomic E-state index is 11.8. The van der Waals surface area contributed by atoms with E-state index in [4.69, 9.17) is 33.2 Å². The summed E-state index contributed by atoms with van der Waals surface area (Å²) in [6.45, 7) is 2.63. The number of ether oxygens (including phenoxy) is 7. The molecule has 0 aliphatic carbocycles. The molecular formula is C27H38O11. The second kappa shape index (κ2) is 12.8. The van der Waals surface area contributed by atoms with E-state index in [-0.39, 0.29) is 32.3 Å². The lowest BCUT2D eigenvalue weighted by Gasteiger charge is -2.53. The fourth-order valence-electron chi connectivity index (χ4n) is 5.55. The minimum atomic E-state index is -1.22. The number of rotatable bonds is 11. The maximum Gasteiger partial charge on any atom is 0.303 e. The third kappa shape index (κ3) is 6.53. The minimum Gasteiger partial charge on any atom is -0.462 e. The van der Waals surface area contributed by atoms with Crippen molar-refractivity contribution in [3.63, 3.8) is 0 Å². The van der Waals surface area contributed by atoms with Gasteiger partial charge < -0.3 is 43.4 Å². The van der Waals surface area contributed by atoms with Crippen LogP contribution in [0.2, 0.25) is 0 Å². The number of carbonyl (C=O) groups excluding carboxylic acids is 2. The van der Waals surface area contributed by atoms with Gasteiger partial charge in [0.1, 0.15) is 43.2 Å². The summed E-state index contributed by atoms with van der Waals surface area (Å²) >= 11 is 0. The Morgan fingerprint density at radius 3 is 2.55 bits per heavy atom. The first-order chi connectivity index (χ1) is 18.3. The number of carbonyl (C=O) groups is 2. The molecule has 212 valence electrons. The molecule has 4 rings (SSSR count). The lowest BCUT2D eigenvalue weighted by molar-refractivity contribution is -0.383. The largest absolute Gasteiger partial charge is 0.462 e. The smallest absolute Gasteiger partial charge is 0.303 e.